The molecule has 0 saturated carbocycles. The van der Waals surface area contributed by atoms with Crippen molar-refractivity contribution in [2.45, 2.75) is 26.2 Å². The van der Waals surface area contributed by atoms with Gasteiger partial charge in [-0.05, 0) is 24.3 Å². The van der Waals surface area contributed by atoms with Crippen molar-refractivity contribution in [2.75, 3.05) is 7.11 Å². The Morgan fingerprint density at radius 2 is 1.58 bits per heavy atom. The predicted octanol–water partition coefficient (Wildman–Crippen LogP) is 4.55. The lowest BCUT2D eigenvalue weighted by Crippen LogP contribution is -2.12. The molecule has 4 nitrogen and oxygen atoms in total. The molecule has 0 aliphatic carbocycles. The van der Waals surface area contributed by atoms with E-state index in [2.05, 4.69) is 0 Å². The van der Waals surface area contributed by atoms with E-state index in [1.807, 2.05) is 75.4 Å². The molecular formula is C20H22N2O2. The highest BCUT2D eigenvalue weighted by Crippen LogP contribution is 2.39. The summed E-state index contributed by atoms with van der Waals surface area (Å²) in [6, 6.07) is 17.5. The lowest BCUT2D eigenvalue weighted by Gasteiger charge is -2.15. The first-order valence-electron chi connectivity index (χ1n) is 7.94. The Kier molecular flexibility index (Phi) is 4.06. The molecule has 0 bridgehead atoms. The maximum atomic E-state index is 10.9. The summed E-state index contributed by atoms with van der Waals surface area (Å²) in [6.45, 7) is 6.13. The molecule has 0 spiro atoms. The summed E-state index contributed by atoms with van der Waals surface area (Å²) in [6.07, 6.45) is 0. The Labute approximate surface area is 142 Å². The lowest BCUT2D eigenvalue weighted by molar-refractivity contribution is 0.414. The van der Waals surface area contributed by atoms with E-state index in [-0.39, 0.29) is 11.2 Å². The van der Waals surface area contributed by atoms with E-state index in [0.717, 1.165) is 17.0 Å². The van der Waals surface area contributed by atoms with Crippen molar-refractivity contribution in [1.29, 1.82) is 0 Å². The molecule has 2 aromatic carbocycles. The van der Waals surface area contributed by atoms with Crippen LogP contribution in [0.15, 0.2) is 54.6 Å². The molecule has 1 heterocycles. The van der Waals surface area contributed by atoms with Crippen LogP contribution in [-0.4, -0.2) is 22.0 Å². The van der Waals surface area contributed by atoms with Gasteiger partial charge in [0.1, 0.15) is 17.1 Å². The number of hydrogen-bond donors (Lipinski definition) is 1. The number of rotatable bonds is 3. The van der Waals surface area contributed by atoms with Crippen LogP contribution in [0.1, 0.15) is 26.5 Å². The van der Waals surface area contributed by atoms with E-state index in [4.69, 9.17) is 9.84 Å². The summed E-state index contributed by atoms with van der Waals surface area (Å²) in [5, 5.41) is 15.6. The first kappa shape index (κ1) is 16.1. The molecule has 0 amide bonds. The third-order valence-electron chi connectivity index (χ3n) is 3.94. The van der Waals surface area contributed by atoms with Crippen LogP contribution in [0.2, 0.25) is 0 Å². The second-order valence-electron chi connectivity index (χ2n) is 6.77. The van der Waals surface area contributed by atoms with Crippen molar-refractivity contribution in [3.05, 3.63) is 60.3 Å². The van der Waals surface area contributed by atoms with Crippen LogP contribution < -0.4 is 4.74 Å². The summed E-state index contributed by atoms with van der Waals surface area (Å²) in [7, 11) is 1.64. The summed E-state index contributed by atoms with van der Waals surface area (Å²) < 4.78 is 7.02. The van der Waals surface area contributed by atoms with Gasteiger partial charge in [-0.25, -0.2) is 4.68 Å². The van der Waals surface area contributed by atoms with Crippen molar-refractivity contribution in [3.8, 4) is 28.4 Å². The van der Waals surface area contributed by atoms with Crippen LogP contribution in [0.25, 0.3) is 16.9 Å². The van der Waals surface area contributed by atoms with Gasteiger partial charge in [0.05, 0.1) is 12.8 Å². The van der Waals surface area contributed by atoms with Crippen LogP contribution in [0.3, 0.4) is 0 Å². The molecule has 3 aromatic rings. The predicted molar refractivity (Wildman–Crippen MR) is 95.9 cm³/mol. The van der Waals surface area contributed by atoms with Gasteiger partial charge in [-0.2, -0.15) is 5.10 Å². The van der Waals surface area contributed by atoms with Gasteiger partial charge in [0.25, 0.3) is 0 Å². The minimum atomic E-state index is -0.259. The SMILES string of the molecule is COc1ccc(-n2nc(C(C)(C)C)c(O)c2-c2ccccc2)cc1. The van der Waals surface area contributed by atoms with Crippen molar-refractivity contribution in [2.24, 2.45) is 0 Å². The van der Waals surface area contributed by atoms with Gasteiger partial charge in [0.2, 0.25) is 0 Å². The Morgan fingerprint density at radius 1 is 0.958 bits per heavy atom. The zero-order valence-electron chi connectivity index (χ0n) is 14.4. The van der Waals surface area contributed by atoms with Crippen LogP contribution in [0, 0.1) is 0 Å². The maximum Gasteiger partial charge on any atom is 0.166 e. The number of ether oxygens (including phenoxy) is 1. The number of hydrogen-bond acceptors (Lipinski definition) is 3. The smallest absolute Gasteiger partial charge is 0.166 e. The fourth-order valence-corrected chi connectivity index (χ4v) is 2.68. The lowest BCUT2D eigenvalue weighted by atomic mass is 9.91. The summed E-state index contributed by atoms with van der Waals surface area (Å²) in [5.74, 6) is 1.01. The van der Waals surface area contributed by atoms with Gasteiger partial charge in [0, 0.05) is 11.0 Å². The molecule has 0 saturated heterocycles. The minimum absolute atomic E-state index is 0.226. The number of benzene rings is 2. The van der Waals surface area contributed by atoms with E-state index >= 15 is 0 Å². The van der Waals surface area contributed by atoms with Gasteiger partial charge < -0.3 is 9.84 Å². The van der Waals surface area contributed by atoms with Crippen LogP contribution in [-0.2, 0) is 5.41 Å². The normalized spacial score (nSPS) is 11.5. The van der Waals surface area contributed by atoms with E-state index in [0.29, 0.717) is 11.4 Å². The van der Waals surface area contributed by atoms with E-state index < -0.39 is 0 Å². The van der Waals surface area contributed by atoms with Gasteiger partial charge in [-0.1, -0.05) is 51.1 Å². The fourth-order valence-electron chi connectivity index (χ4n) is 2.68. The molecular weight excluding hydrogens is 300 g/mol. The van der Waals surface area contributed by atoms with Gasteiger partial charge in [-0.15, -0.1) is 0 Å². The van der Waals surface area contributed by atoms with Gasteiger partial charge in [-0.3, -0.25) is 0 Å². The molecule has 24 heavy (non-hydrogen) atoms. The Bertz CT molecular complexity index is 829. The summed E-state index contributed by atoms with van der Waals surface area (Å²) >= 11 is 0. The number of methoxy groups -OCH3 is 1. The van der Waals surface area contributed by atoms with Gasteiger partial charge >= 0.3 is 0 Å². The molecule has 0 atom stereocenters. The maximum absolute atomic E-state index is 10.9. The van der Waals surface area contributed by atoms with E-state index in [1.165, 1.54) is 0 Å². The summed E-state index contributed by atoms with van der Waals surface area (Å²) in [5.41, 5.74) is 2.92. The first-order chi connectivity index (χ1) is 11.4. The zero-order chi connectivity index (χ0) is 17.3. The third-order valence-corrected chi connectivity index (χ3v) is 3.94. The van der Waals surface area contributed by atoms with Crippen molar-refractivity contribution in [1.82, 2.24) is 9.78 Å². The third kappa shape index (κ3) is 2.87. The number of aromatic nitrogens is 2. The number of aromatic hydroxyl groups is 1. The standard InChI is InChI=1S/C20H22N2O2/c1-20(2,3)19-18(23)17(14-8-6-5-7-9-14)22(21-19)15-10-12-16(24-4)13-11-15/h5-13,23H,1-4H3. The molecule has 4 heteroatoms. The molecule has 1 N–H and O–H groups in total. The van der Waals surface area contributed by atoms with Crippen molar-refractivity contribution in [3.63, 3.8) is 0 Å². The fraction of sp³-hybridized carbons (Fsp3) is 0.250. The Hall–Kier alpha value is -2.75. The van der Waals surface area contributed by atoms with Crippen LogP contribution in [0.4, 0.5) is 0 Å². The van der Waals surface area contributed by atoms with Crippen LogP contribution in [0.5, 0.6) is 11.5 Å². The molecule has 0 radical (unpaired) electrons. The average Bonchev–Trinajstić information content (AvgIpc) is 2.93. The molecule has 1 aromatic heterocycles. The molecule has 0 aliphatic heterocycles. The average molecular weight is 322 g/mol. The molecule has 124 valence electrons. The van der Waals surface area contributed by atoms with Crippen LogP contribution >= 0.6 is 0 Å². The minimum Gasteiger partial charge on any atom is -0.504 e. The Morgan fingerprint density at radius 3 is 2.12 bits per heavy atom. The van der Waals surface area contributed by atoms with Crippen molar-refractivity contribution >= 4 is 0 Å². The highest BCUT2D eigenvalue weighted by atomic mass is 16.5. The monoisotopic (exact) mass is 322 g/mol. The highest BCUT2D eigenvalue weighted by Gasteiger charge is 2.27. The molecule has 0 fully saturated rings. The topological polar surface area (TPSA) is 47.3 Å². The first-order valence-corrected chi connectivity index (χ1v) is 7.94. The second-order valence-corrected chi connectivity index (χ2v) is 6.77. The second kappa shape index (κ2) is 6.04. The van der Waals surface area contributed by atoms with E-state index in [9.17, 15) is 5.11 Å². The van der Waals surface area contributed by atoms with Crippen molar-refractivity contribution < 1.29 is 9.84 Å². The number of nitrogens with zero attached hydrogens (tertiary/aromatic N) is 2. The summed E-state index contributed by atoms with van der Waals surface area (Å²) in [4.78, 5) is 0. The van der Waals surface area contributed by atoms with Gasteiger partial charge in [0.15, 0.2) is 5.75 Å². The molecule has 0 aliphatic rings. The molecule has 0 unspecified atom stereocenters. The zero-order valence-corrected chi connectivity index (χ0v) is 14.4. The largest absolute Gasteiger partial charge is 0.504 e. The van der Waals surface area contributed by atoms with E-state index in [1.54, 1.807) is 11.8 Å². The quantitative estimate of drug-likeness (QED) is 0.769. The Balaban J connectivity index is 2.23. The highest BCUT2D eigenvalue weighted by molar-refractivity contribution is 5.70. The molecule has 3 rings (SSSR count).